The number of aliphatic hydroxyl groups excluding tert-OH is 1. The van der Waals surface area contributed by atoms with Crippen LogP contribution in [-0.2, 0) is 9.59 Å². The number of carbonyl (C=O) groups is 2. The number of hydrogen-bond acceptors (Lipinski definition) is 6. The van der Waals surface area contributed by atoms with E-state index in [-0.39, 0.29) is 16.3 Å². The number of carbonyl (C=O) groups excluding carboxylic acids is 2. The lowest BCUT2D eigenvalue weighted by Crippen LogP contribution is -2.29. The van der Waals surface area contributed by atoms with Crippen molar-refractivity contribution in [3.8, 4) is 0 Å². The number of amides is 1. The molecule has 0 aliphatic carbocycles. The van der Waals surface area contributed by atoms with E-state index in [0.717, 1.165) is 16.8 Å². The summed E-state index contributed by atoms with van der Waals surface area (Å²) < 4.78 is 19.9. The summed E-state index contributed by atoms with van der Waals surface area (Å²) in [6.07, 6.45) is 0. The zero-order valence-corrected chi connectivity index (χ0v) is 18.1. The van der Waals surface area contributed by atoms with Gasteiger partial charge in [-0.25, -0.2) is 9.37 Å². The first kappa shape index (κ1) is 20.4. The second-order valence-corrected chi connectivity index (χ2v) is 8.68. The summed E-state index contributed by atoms with van der Waals surface area (Å²) in [5.41, 5.74) is 0.659. The van der Waals surface area contributed by atoms with Gasteiger partial charge in [0.2, 0.25) is 0 Å². The van der Waals surface area contributed by atoms with Gasteiger partial charge in [-0.1, -0.05) is 22.9 Å². The molecule has 32 heavy (non-hydrogen) atoms. The predicted octanol–water partition coefficient (Wildman–Crippen LogP) is 5.62. The van der Waals surface area contributed by atoms with E-state index in [1.54, 1.807) is 37.3 Å². The molecular weight excluding hydrogens is 455 g/mol. The molecule has 2 aromatic heterocycles. The summed E-state index contributed by atoms with van der Waals surface area (Å²) in [4.78, 5) is 31.9. The van der Waals surface area contributed by atoms with Crippen LogP contribution in [0.25, 0.3) is 16.0 Å². The summed E-state index contributed by atoms with van der Waals surface area (Å²) >= 11 is 7.27. The maximum Gasteiger partial charge on any atom is 0.302 e. The van der Waals surface area contributed by atoms with Crippen molar-refractivity contribution < 1.29 is 23.5 Å². The molecule has 6 nitrogen and oxygen atoms in total. The molecule has 9 heteroatoms. The Kier molecular flexibility index (Phi) is 4.83. The average molecular weight is 469 g/mol. The Hall–Kier alpha value is -3.49. The molecule has 0 saturated carbocycles. The van der Waals surface area contributed by atoms with Gasteiger partial charge in [-0.3, -0.25) is 14.5 Å². The van der Waals surface area contributed by atoms with E-state index >= 15 is 0 Å². The molecule has 1 N–H and O–H groups in total. The van der Waals surface area contributed by atoms with Crippen molar-refractivity contribution in [2.24, 2.45) is 0 Å². The van der Waals surface area contributed by atoms with Gasteiger partial charge in [-0.05, 0) is 61.5 Å². The van der Waals surface area contributed by atoms with Crippen LogP contribution in [0.5, 0.6) is 0 Å². The van der Waals surface area contributed by atoms with Crippen LogP contribution in [-0.4, -0.2) is 21.8 Å². The number of aromatic nitrogens is 1. The third-order valence-corrected chi connectivity index (χ3v) is 6.39. The molecule has 5 rings (SSSR count). The Morgan fingerprint density at radius 2 is 1.91 bits per heavy atom. The Balaban J connectivity index is 1.72. The van der Waals surface area contributed by atoms with Gasteiger partial charge < -0.3 is 9.52 Å². The number of Topliss-reactive ketones (excluding diaryl/α,β-unsaturated/α-hetero) is 1. The summed E-state index contributed by atoms with van der Waals surface area (Å²) in [6.45, 7) is 1.73. The van der Waals surface area contributed by atoms with Gasteiger partial charge in [0.1, 0.15) is 29.1 Å². The van der Waals surface area contributed by atoms with Crippen molar-refractivity contribution in [2.45, 2.75) is 13.0 Å². The lowest BCUT2D eigenvalue weighted by atomic mass is 9.99. The van der Waals surface area contributed by atoms with E-state index in [4.69, 9.17) is 16.0 Å². The highest BCUT2D eigenvalue weighted by atomic mass is 35.5. The number of ketones is 1. The highest BCUT2D eigenvalue weighted by Crippen LogP contribution is 2.44. The van der Waals surface area contributed by atoms with Crippen LogP contribution in [0.3, 0.4) is 0 Å². The summed E-state index contributed by atoms with van der Waals surface area (Å²) in [6, 6.07) is 12.4. The number of rotatable bonds is 3. The fourth-order valence-corrected chi connectivity index (χ4v) is 4.92. The van der Waals surface area contributed by atoms with Crippen molar-refractivity contribution in [1.29, 1.82) is 0 Å². The molecule has 1 saturated heterocycles. The van der Waals surface area contributed by atoms with Gasteiger partial charge in [0, 0.05) is 10.6 Å². The van der Waals surface area contributed by atoms with Crippen molar-refractivity contribution in [1.82, 2.24) is 4.98 Å². The Morgan fingerprint density at radius 1 is 1.16 bits per heavy atom. The molecule has 1 aliphatic rings. The van der Waals surface area contributed by atoms with E-state index in [0.29, 0.717) is 22.1 Å². The van der Waals surface area contributed by atoms with Crippen LogP contribution in [0.2, 0.25) is 5.02 Å². The standard InChI is InChI=1S/C23H14ClFN2O4S/c1-11-2-9-16(31-11)19-18(20(28)12-3-6-14(25)7-4-12)21(29)22(30)27(19)23-26-15-8-5-13(24)10-17(15)32-23/h2-10,19,28H,1H3/b20-18+. The maximum atomic E-state index is 13.4. The van der Waals surface area contributed by atoms with Gasteiger partial charge in [-0.2, -0.15) is 0 Å². The summed E-state index contributed by atoms with van der Waals surface area (Å²) in [7, 11) is 0. The van der Waals surface area contributed by atoms with Gasteiger partial charge >= 0.3 is 5.91 Å². The highest BCUT2D eigenvalue weighted by Gasteiger charge is 2.49. The topological polar surface area (TPSA) is 83.6 Å². The molecule has 1 unspecified atom stereocenters. The van der Waals surface area contributed by atoms with Gasteiger partial charge in [-0.15, -0.1) is 0 Å². The van der Waals surface area contributed by atoms with Crippen LogP contribution in [0.1, 0.15) is 23.1 Å². The molecule has 4 aromatic rings. The fourth-order valence-electron chi connectivity index (χ4n) is 3.65. The van der Waals surface area contributed by atoms with Crippen LogP contribution < -0.4 is 4.90 Å². The number of anilines is 1. The second-order valence-electron chi connectivity index (χ2n) is 7.23. The molecule has 0 spiro atoms. The van der Waals surface area contributed by atoms with E-state index in [2.05, 4.69) is 4.98 Å². The number of hydrogen-bond donors (Lipinski definition) is 1. The number of furan rings is 1. The molecule has 1 amide bonds. The first-order valence-corrected chi connectivity index (χ1v) is 10.7. The number of nitrogens with zero attached hydrogens (tertiary/aromatic N) is 2. The maximum absolute atomic E-state index is 13.4. The molecule has 2 aromatic carbocycles. The zero-order chi connectivity index (χ0) is 22.6. The Morgan fingerprint density at radius 3 is 2.59 bits per heavy atom. The van der Waals surface area contributed by atoms with Crippen LogP contribution in [0.15, 0.2) is 64.6 Å². The van der Waals surface area contributed by atoms with Gasteiger partial charge in [0.25, 0.3) is 5.78 Å². The minimum Gasteiger partial charge on any atom is -0.507 e. The fraction of sp³-hybridized carbons (Fsp3) is 0.0870. The molecule has 1 atom stereocenters. The lowest BCUT2D eigenvalue weighted by molar-refractivity contribution is -0.132. The number of aliphatic hydroxyl groups is 1. The first-order chi connectivity index (χ1) is 15.3. The Bertz CT molecular complexity index is 1420. The highest BCUT2D eigenvalue weighted by molar-refractivity contribution is 7.22. The van der Waals surface area contributed by atoms with Crippen molar-refractivity contribution in [3.63, 3.8) is 0 Å². The normalized spacial score (nSPS) is 18.1. The Labute approximate surface area is 190 Å². The average Bonchev–Trinajstić information content (AvgIpc) is 3.44. The third-order valence-electron chi connectivity index (χ3n) is 5.14. The summed E-state index contributed by atoms with van der Waals surface area (Å²) in [5.74, 6) is -1.78. The zero-order valence-electron chi connectivity index (χ0n) is 16.5. The van der Waals surface area contributed by atoms with E-state index < -0.39 is 29.3 Å². The number of halogens is 2. The molecule has 0 bridgehead atoms. The van der Waals surface area contributed by atoms with Crippen LogP contribution in [0, 0.1) is 12.7 Å². The van der Waals surface area contributed by atoms with Gasteiger partial charge in [0.15, 0.2) is 5.13 Å². The monoisotopic (exact) mass is 468 g/mol. The smallest absolute Gasteiger partial charge is 0.302 e. The quantitative estimate of drug-likeness (QED) is 0.240. The second kappa shape index (κ2) is 7.58. The molecule has 160 valence electrons. The minimum atomic E-state index is -1.04. The number of fused-ring (bicyclic) bond motifs is 1. The number of benzene rings is 2. The molecule has 1 aliphatic heterocycles. The van der Waals surface area contributed by atoms with Crippen molar-refractivity contribution in [2.75, 3.05) is 4.90 Å². The van der Waals surface area contributed by atoms with Gasteiger partial charge in [0.05, 0.1) is 15.8 Å². The van der Waals surface area contributed by atoms with E-state index in [1.807, 2.05) is 0 Å². The molecule has 3 heterocycles. The largest absolute Gasteiger partial charge is 0.507 e. The van der Waals surface area contributed by atoms with E-state index in [1.165, 1.54) is 28.4 Å². The first-order valence-electron chi connectivity index (χ1n) is 9.53. The molecular formula is C23H14ClFN2O4S. The number of aryl methyl sites for hydroxylation is 1. The van der Waals surface area contributed by atoms with Crippen molar-refractivity contribution >= 4 is 55.7 Å². The van der Waals surface area contributed by atoms with Crippen molar-refractivity contribution in [3.05, 3.63) is 88.1 Å². The predicted molar refractivity (Wildman–Crippen MR) is 119 cm³/mol. The summed E-state index contributed by atoms with van der Waals surface area (Å²) in [5, 5.41) is 11.7. The SMILES string of the molecule is Cc1ccc(C2/C(=C(\O)c3ccc(F)cc3)C(=O)C(=O)N2c2nc3ccc(Cl)cc3s2)o1. The lowest BCUT2D eigenvalue weighted by Gasteiger charge is -2.20. The van der Waals surface area contributed by atoms with Crippen LogP contribution >= 0.6 is 22.9 Å². The third kappa shape index (κ3) is 3.28. The number of thiazole rings is 1. The molecule has 1 fully saturated rings. The van der Waals surface area contributed by atoms with Crippen LogP contribution in [0.4, 0.5) is 9.52 Å². The molecule has 0 radical (unpaired) electrons. The minimum absolute atomic E-state index is 0.159. The van der Waals surface area contributed by atoms with E-state index in [9.17, 15) is 19.1 Å².